The molecule has 0 unspecified atom stereocenters. The van der Waals surface area contributed by atoms with E-state index in [-0.39, 0.29) is 26.4 Å². The van der Waals surface area contributed by atoms with Crippen molar-refractivity contribution in [3.63, 3.8) is 0 Å². The van der Waals surface area contributed by atoms with Crippen LogP contribution in [0.15, 0.2) is 0 Å². The van der Waals surface area contributed by atoms with Gasteiger partial charge < -0.3 is 18.1 Å². The predicted octanol–water partition coefficient (Wildman–Crippen LogP) is 3.64. The summed E-state index contributed by atoms with van der Waals surface area (Å²) >= 11 is 0. The van der Waals surface area contributed by atoms with Gasteiger partial charge in [-0.3, -0.25) is 13.9 Å². The van der Waals surface area contributed by atoms with Gasteiger partial charge in [0.25, 0.3) is 0 Å². The van der Waals surface area contributed by atoms with Crippen molar-refractivity contribution in [3.05, 3.63) is 0 Å². The molecule has 0 aliphatic heterocycles. The van der Waals surface area contributed by atoms with E-state index >= 15 is 0 Å². The molecule has 18 heavy (non-hydrogen) atoms. The SMILES string of the molecule is CCOP(=O)(OCC)C(=O)P(=O)(OCC)OCC. The van der Waals surface area contributed by atoms with Crippen molar-refractivity contribution >= 4 is 20.5 Å². The third-order valence-electron chi connectivity index (χ3n) is 1.66. The molecule has 0 fully saturated rings. The lowest BCUT2D eigenvalue weighted by Gasteiger charge is -2.20. The molecule has 0 heterocycles. The van der Waals surface area contributed by atoms with Gasteiger partial charge in [-0.2, -0.15) is 0 Å². The van der Waals surface area contributed by atoms with E-state index in [4.69, 9.17) is 18.1 Å². The van der Waals surface area contributed by atoms with Crippen molar-refractivity contribution in [1.29, 1.82) is 0 Å². The predicted molar refractivity (Wildman–Crippen MR) is 67.1 cm³/mol. The van der Waals surface area contributed by atoms with Gasteiger partial charge in [0.15, 0.2) is 0 Å². The number of hydrogen-bond acceptors (Lipinski definition) is 7. The third-order valence-corrected chi connectivity index (χ3v) is 6.46. The van der Waals surface area contributed by atoms with Crippen LogP contribution in [-0.4, -0.2) is 31.7 Å². The van der Waals surface area contributed by atoms with E-state index in [2.05, 4.69) is 0 Å². The van der Waals surface area contributed by atoms with Crippen molar-refractivity contribution in [2.75, 3.05) is 26.4 Å². The van der Waals surface area contributed by atoms with E-state index in [0.29, 0.717) is 0 Å². The highest BCUT2D eigenvalue weighted by Crippen LogP contribution is 2.66. The third kappa shape index (κ3) is 4.57. The number of hydrogen-bond donors (Lipinski definition) is 0. The molecule has 0 saturated heterocycles. The van der Waals surface area contributed by atoms with Crippen LogP contribution in [0.5, 0.6) is 0 Å². The van der Waals surface area contributed by atoms with E-state index in [1.54, 1.807) is 27.7 Å². The molecule has 0 rings (SSSR count). The molecular formula is C9H20O7P2. The van der Waals surface area contributed by atoms with E-state index in [9.17, 15) is 13.9 Å². The van der Waals surface area contributed by atoms with Crippen LogP contribution in [0.3, 0.4) is 0 Å². The van der Waals surface area contributed by atoms with Gasteiger partial charge in [0.2, 0.25) is 0 Å². The molecular weight excluding hydrogens is 282 g/mol. The van der Waals surface area contributed by atoms with Crippen molar-refractivity contribution in [2.45, 2.75) is 27.7 Å². The fourth-order valence-corrected chi connectivity index (χ4v) is 4.97. The first-order valence-electron chi connectivity index (χ1n) is 5.73. The van der Waals surface area contributed by atoms with Crippen molar-refractivity contribution in [3.8, 4) is 0 Å². The average molecular weight is 302 g/mol. The molecule has 0 amide bonds. The number of rotatable bonds is 10. The Bertz CT molecular complexity index is 303. The Kier molecular flexibility index (Phi) is 8.19. The Morgan fingerprint density at radius 1 is 0.722 bits per heavy atom. The smallest absolute Gasteiger partial charge is 0.303 e. The standard InChI is InChI=1S/C9H20O7P2/c1-5-13-17(11,14-6-2)9(10)18(12,15-7-3)16-8-4/h5-8H2,1-4H3. The normalized spacial score (nSPS) is 12.7. The molecule has 0 aromatic rings. The molecule has 0 aromatic carbocycles. The second-order valence-electron chi connectivity index (χ2n) is 2.95. The minimum atomic E-state index is -4.14. The first-order valence-corrected chi connectivity index (χ1v) is 8.82. The lowest BCUT2D eigenvalue weighted by atomic mass is 10.9. The van der Waals surface area contributed by atoms with Gasteiger partial charge in [-0.15, -0.1) is 0 Å². The van der Waals surface area contributed by atoms with Crippen LogP contribution in [0.25, 0.3) is 0 Å². The molecule has 0 N–H and O–H groups in total. The molecule has 0 saturated carbocycles. The first-order chi connectivity index (χ1) is 8.40. The summed E-state index contributed by atoms with van der Waals surface area (Å²) in [5, 5.41) is -1.25. The zero-order valence-electron chi connectivity index (χ0n) is 11.1. The quantitative estimate of drug-likeness (QED) is 0.569. The molecule has 0 radical (unpaired) electrons. The minimum Gasteiger partial charge on any atom is -0.303 e. The van der Waals surface area contributed by atoms with Gasteiger partial charge >= 0.3 is 20.5 Å². The van der Waals surface area contributed by atoms with Gasteiger partial charge in [-0.25, -0.2) is 0 Å². The molecule has 0 atom stereocenters. The van der Waals surface area contributed by atoms with Crippen LogP contribution in [0.2, 0.25) is 0 Å². The first kappa shape index (κ1) is 18.0. The highest BCUT2D eigenvalue weighted by Gasteiger charge is 2.49. The Hall–Kier alpha value is -0.0300. The van der Waals surface area contributed by atoms with Gasteiger partial charge in [0.05, 0.1) is 26.4 Å². The van der Waals surface area contributed by atoms with Crippen LogP contribution < -0.4 is 0 Å². The van der Waals surface area contributed by atoms with E-state index < -0.39 is 20.5 Å². The maximum Gasteiger partial charge on any atom is 0.409 e. The van der Waals surface area contributed by atoms with E-state index in [0.717, 1.165) is 0 Å². The zero-order valence-corrected chi connectivity index (χ0v) is 12.9. The van der Waals surface area contributed by atoms with Crippen LogP contribution in [0.4, 0.5) is 4.79 Å². The summed E-state index contributed by atoms with van der Waals surface area (Å²) in [5.41, 5.74) is 0. The lowest BCUT2D eigenvalue weighted by molar-refractivity contribution is 0.198. The molecule has 0 bridgehead atoms. The van der Waals surface area contributed by atoms with E-state index in [1.807, 2.05) is 0 Å². The van der Waals surface area contributed by atoms with Gasteiger partial charge in [-0.1, -0.05) is 0 Å². The van der Waals surface area contributed by atoms with Crippen LogP contribution in [-0.2, 0) is 27.2 Å². The molecule has 0 aliphatic rings. The van der Waals surface area contributed by atoms with Gasteiger partial charge in [0, 0.05) is 0 Å². The summed E-state index contributed by atoms with van der Waals surface area (Å²) in [6.45, 7) is 6.14. The van der Waals surface area contributed by atoms with E-state index in [1.165, 1.54) is 0 Å². The van der Waals surface area contributed by atoms with Crippen molar-refractivity contribution in [2.24, 2.45) is 0 Å². The maximum absolute atomic E-state index is 12.2. The van der Waals surface area contributed by atoms with Crippen LogP contribution in [0.1, 0.15) is 27.7 Å². The average Bonchev–Trinajstić information content (AvgIpc) is 2.29. The van der Waals surface area contributed by atoms with Crippen molar-refractivity contribution < 1.29 is 32.0 Å². The molecule has 9 heteroatoms. The Balaban J connectivity index is 5.25. The molecule has 7 nitrogen and oxygen atoms in total. The van der Waals surface area contributed by atoms with Gasteiger partial charge in [0.1, 0.15) is 0 Å². The van der Waals surface area contributed by atoms with Gasteiger partial charge in [-0.05, 0) is 27.7 Å². The second-order valence-corrected chi connectivity index (χ2v) is 7.14. The highest BCUT2D eigenvalue weighted by atomic mass is 31.2. The summed E-state index contributed by atoms with van der Waals surface area (Å²) in [5.74, 6) is 0. The molecule has 0 spiro atoms. The summed E-state index contributed by atoms with van der Waals surface area (Å²) in [6.07, 6.45) is 0. The summed E-state index contributed by atoms with van der Waals surface area (Å²) in [4.78, 5) is 12.0. The lowest BCUT2D eigenvalue weighted by Crippen LogP contribution is -2.10. The highest BCUT2D eigenvalue weighted by molar-refractivity contribution is 7.98. The minimum absolute atomic E-state index is 0.0126. The van der Waals surface area contributed by atoms with Crippen LogP contribution in [0, 0.1) is 0 Å². The van der Waals surface area contributed by atoms with Crippen LogP contribution >= 0.6 is 15.2 Å². The summed E-state index contributed by atoms with van der Waals surface area (Å²) in [6, 6.07) is 0. The fraction of sp³-hybridized carbons (Fsp3) is 0.889. The zero-order chi connectivity index (χ0) is 14.2. The number of carbonyl (C=O) groups is 1. The monoisotopic (exact) mass is 302 g/mol. The molecule has 0 aliphatic carbocycles. The topological polar surface area (TPSA) is 88.1 Å². The molecule has 108 valence electrons. The maximum atomic E-state index is 12.2. The Labute approximate surface area is 107 Å². The largest absolute Gasteiger partial charge is 0.409 e. The number of carbonyl (C=O) groups excluding carboxylic acids is 1. The molecule has 0 aromatic heterocycles. The summed E-state index contributed by atoms with van der Waals surface area (Å²) < 4.78 is 43.7. The fourth-order valence-electron chi connectivity index (χ4n) is 1.13. The summed E-state index contributed by atoms with van der Waals surface area (Å²) in [7, 11) is -8.29. The Morgan fingerprint density at radius 3 is 1.11 bits per heavy atom. The van der Waals surface area contributed by atoms with Crippen molar-refractivity contribution in [1.82, 2.24) is 0 Å². The Morgan fingerprint density at radius 2 is 0.944 bits per heavy atom. The second kappa shape index (κ2) is 8.20.